The van der Waals surface area contributed by atoms with E-state index in [1.54, 1.807) is 0 Å². The molecule has 0 aromatic carbocycles. The zero-order chi connectivity index (χ0) is 12.0. The Bertz CT molecular complexity index is 187. The molecule has 0 aliphatic carbocycles. The highest BCUT2D eigenvalue weighted by Crippen LogP contribution is 2.21. The molecule has 1 saturated heterocycles. The third-order valence-corrected chi connectivity index (χ3v) is 3.53. The molecule has 2 N–H and O–H groups in total. The van der Waals surface area contributed by atoms with E-state index in [4.69, 9.17) is 0 Å². The first-order chi connectivity index (χ1) is 7.63. The SMILES string of the molecule is CCCNCC(O)CN1CCC(C)CC1C. The van der Waals surface area contributed by atoms with Gasteiger partial charge in [-0.25, -0.2) is 0 Å². The Morgan fingerprint density at radius 1 is 1.44 bits per heavy atom. The van der Waals surface area contributed by atoms with Crippen LogP contribution in [0, 0.1) is 5.92 Å². The van der Waals surface area contributed by atoms with E-state index in [9.17, 15) is 5.11 Å². The van der Waals surface area contributed by atoms with Gasteiger partial charge in [-0.1, -0.05) is 13.8 Å². The maximum Gasteiger partial charge on any atom is 0.0791 e. The van der Waals surface area contributed by atoms with Gasteiger partial charge in [-0.15, -0.1) is 0 Å². The minimum atomic E-state index is -0.220. The second kappa shape index (κ2) is 7.25. The summed E-state index contributed by atoms with van der Waals surface area (Å²) in [6.45, 7) is 10.5. The molecule has 1 rings (SSSR count). The molecule has 3 atom stereocenters. The Morgan fingerprint density at radius 2 is 2.19 bits per heavy atom. The van der Waals surface area contributed by atoms with E-state index in [2.05, 4.69) is 31.0 Å². The van der Waals surface area contributed by atoms with E-state index in [-0.39, 0.29) is 6.10 Å². The maximum absolute atomic E-state index is 9.91. The van der Waals surface area contributed by atoms with Crippen LogP contribution in [0.2, 0.25) is 0 Å². The van der Waals surface area contributed by atoms with Crippen molar-refractivity contribution < 1.29 is 5.11 Å². The number of nitrogens with zero attached hydrogens (tertiary/aromatic N) is 1. The van der Waals surface area contributed by atoms with Crippen LogP contribution in [0.1, 0.15) is 40.0 Å². The average Bonchev–Trinajstić information content (AvgIpc) is 2.23. The lowest BCUT2D eigenvalue weighted by atomic mass is 9.93. The van der Waals surface area contributed by atoms with E-state index >= 15 is 0 Å². The lowest BCUT2D eigenvalue weighted by molar-refractivity contribution is 0.0604. The lowest BCUT2D eigenvalue weighted by Crippen LogP contribution is -2.46. The van der Waals surface area contributed by atoms with Crippen LogP contribution in [0.15, 0.2) is 0 Å². The third kappa shape index (κ3) is 4.81. The van der Waals surface area contributed by atoms with Gasteiger partial charge in [0, 0.05) is 19.1 Å². The van der Waals surface area contributed by atoms with Gasteiger partial charge in [0.2, 0.25) is 0 Å². The third-order valence-electron chi connectivity index (χ3n) is 3.53. The van der Waals surface area contributed by atoms with Crippen LogP contribution < -0.4 is 5.32 Å². The van der Waals surface area contributed by atoms with Crippen molar-refractivity contribution in [2.24, 2.45) is 5.92 Å². The Labute approximate surface area is 100 Å². The summed E-state index contributed by atoms with van der Waals surface area (Å²) >= 11 is 0. The van der Waals surface area contributed by atoms with Crippen molar-refractivity contribution >= 4 is 0 Å². The fourth-order valence-electron chi connectivity index (χ4n) is 2.51. The Morgan fingerprint density at radius 3 is 2.81 bits per heavy atom. The zero-order valence-electron chi connectivity index (χ0n) is 11.1. The largest absolute Gasteiger partial charge is 0.390 e. The molecule has 1 heterocycles. The molecular weight excluding hydrogens is 200 g/mol. The van der Waals surface area contributed by atoms with E-state index in [0.717, 1.165) is 38.5 Å². The predicted molar refractivity (Wildman–Crippen MR) is 68.6 cm³/mol. The van der Waals surface area contributed by atoms with Gasteiger partial charge < -0.3 is 10.4 Å². The molecular formula is C13H28N2O. The Hall–Kier alpha value is -0.120. The molecule has 96 valence electrons. The summed E-state index contributed by atoms with van der Waals surface area (Å²) in [7, 11) is 0. The van der Waals surface area contributed by atoms with Gasteiger partial charge >= 0.3 is 0 Å². The van der Waals surface area contributed by atoms with Crippen LogP contribution in [-0.4, -0.2) is 48.3 Å². The molecule has 1 fully saturated rings. The molecule has 0 bridgehead atoms. The molecule has 1 aliphatic heterocycles. The van der Waals surface area contributed by atoms with Crippen molar-refractivity contribution in [1.82, 2.24) is 10.2 Å². The van der Waals surface area contributed by atoms with Crippen LogP contribution in [0.3, 0.4) is 0 Å². The minimum Gasteiger partial charge on any atom is -0.390 e. The lowest BCUT2D eigenvalue weighted by Gasteiger charge is -2.37. The molecule has 3 unspecified atom stereocenters. The summed E-state index contributed by atoms with van der Waals surface area (Å²) in [5, 5.41) is 13.2. The molecule has 0 aromatic heterocycles. The van der Waals surface area contributed by atoms with Crippen molar-refractivity contribution in [1.29, 1.82) is 0 Å². The monoisotopic (exact) mass is 228 g/mol. The van der Waals surface area contributed by atoms with Crippen LogP contribution in [0.5, 0.6) is 0 Å². The van der Waals surface area contributed by atoms with Crippen molar-refractivity contribution in [3.8, 4) is 0 Å². The molecule has 0 amide bonds. The van der Waals surface area contributed by atoms with Crippen molar-refractivity contribution in [3.63, 3.8) is 0 Å². The molecule has 0 radical (unpaired) electrons. The number of hydrogen-bond donors (Lipinski definition) is 2. The van der Waals surface area contributed by atoms with Crippen LogP contribution in [0.4, 0.5) is 0 Å². The summed E-state index contributed by atoms with van der Waals surface area (Å²) < 4.78 is 0. The fourth-order valence-corrected chi connectivity index (χ4v) is 2.51. The first kappa shape index (κ1) is 13.9. The second-order valence-electron chi connectivity index (χ2n) is 5.33. The van der Waals surface area contributed by atoms with Gasteiger partial charge in [0.15, 0.2) is 0 Å². The predicted octanol–water partition coefficient (Wildman–Crippen LogP) is 1.47. The second-order valence-corrected chi connectivity index (χ2v) is 5.33. The zero-order valence-corrected chi connectivity index (χ0v) is 11.1. The van der Waals surface area contributed by atoms with E-state index in [1.807, 2.05) is 0 Å². The van der Waals surface area contributed by atoms with E-state index in [0.29, 0.717) is 6.04 Å². The van der Waals surface area contributed by atoms with Gasteiger partial charge in [0.05, 0.1) is 6.10 Å². The van der Waals surface area contributed by atoms with Crippen molar-refractivity contribution in [2.45, 2.75) is 52.2 Å². The number of aliphatic hydroxyl groups excluding tert-OH is 1. The standard InChI is InChI=1S/C13H28N2O/c1-4-6-14-9-13(16)10-15-7-5-11(2)8-12(15)3/h11-14,16H,4-10H2,1-3H3. The van der Waals surface area contributed by atoms with Crippen LogP contribution in [-0.2, 0) is 0 Å². The fraction of sp³-hybridized carbons (Fsp3) is 1.00. The number of piperidine rings is 1. The van der Waals surface area contributed by atoms with Gasteiger partial charge in [-0.2, -0.15) is 0 Å². The van der Waals surface area contributed by atoms with E-state index in [1.165, 1.54) is 12.8 Å². The molecule has 0 aromatic rings. The van der Waals surface area contributed by atoms with Crippen LogP contribution in [0.25, 0.3) is 0 Å². The van der Waals surface area contributed by atoms with E-state index < -0.39 is 0 Å². The molecule has 0 spiro atoms. The average molecular weight is 228 g/mol. The summed E-state index contributed by atoms with van der Waals surface area (Å²) in [6, 6.07) is 0.629. The van der Waals surface area contributed by atoms with Gasteiger partial charge in [-0.3, -0.25) is 4.90 Å². The highest BCUT2D eigenvalue weighted by Gasteiger charge is 2.24. The smallest absolute Gasteiger partial charge is 0.0791 e. The summed E-state index contributed by atoms with van der Waals surface area (Å²) in [4.78, 5) is 2.43. The number of rotatable bonds is 6. The van der Waals surface area contributed by atoms with Crippen molar-refractivity contribution in [3.05, 3.63) is 0 Å². The highest BCUT2D eigenvalue weighted by molar-refractivity contribution is 4.79. The summed E-state index contributed by atoms with van der Waals surface area (Å²) in [5.74, 6) is 0.849. The number of β-amino-alcohol motifs (C(OH)–C–C–N with tert-alkyl or cyclic N) is 1. The summed E-state index contributed by atoms with van der Waals surface area (Å²) in [5.41, 5.74) is 0. The van der Waals surface area contributed by atoms with Gasteiger partial charge in [0.1, 0.15) is 0 Å². The number of hydrogen-bond acceptors (Lipinski definition) is 3. The quantitative estimate of drug-likeness (QED) is 0.676. The van der Waals surface area contributed by atoms with Crippen LogP contribution >= 0.6 is 0 Å². The summed E-state index contributed by atoms with van der Waals surface area (Å²) in [6.07, 6.45) is 3.46. The van der Waals surface area contributed by atoms with Gasteiger partial charge in [0.25, 0.3) is 0 Å². The van der Waals surface area contributed by atoms with Gasteiger partial charge in [-0.05, 0) is 45.2 Å². The molecule has 0 saturated carbocycles. The molecule has 3 heteroatoms. The molecule has 1 aliphatic rings. The number of likely N-dealkylation sites (tertiary alicyclic amines) is 1. The highest BCUT2D eigenvalue weighted by atomic mass is 16.3. The maximum atomic E-state index is 9.91. The topological polar surface area (TPSA) is 35.5 Å². The molecule has 16 heavy (non-hydrogen) atoms. The number of aliphatic hydroxyl groups is 1. The minimum absolute atomic E-state index is 0.220. The molecule has 3 nitrogen and oxygen atoms in total. The number of nitrogens with one attached hydrogen (secondary N) is 1. The first-order valence-corrected chi connectivity index (χ1v) is 6.76. The Kier molecular flexibility index (Phi) is 6.32. The first-order valence-electron chi connectivity index (χ1n) is 6.76. The van der Waals surface area contributed by atoms with Crippen molar-refractivity contribution in [2.75, 3.05) is 26.2 Å². The Balaban J connectivity index is 2.19. The normalized spacial score (nSPS) is 29.2.